The predicted molar refractivity (Wildman–Crippen MR) is 290 cm³/mol. The van der Waals surface area contributed by atoms with E-state index in [1.54, 1.807) is 103 Å². The number of rotatable bonds is 26. The number of aliphatic hydroxyl groups excluding tert-OH is 2. The molecule has 0 aliphatic heterocycles. The zero-order valence-corrected chi connectivity index (χ0v) is 44.8. The van der Waals surface area contributed by atoms with Gasteiger partial charge < -0.3 is 19.7 Å². The molecule has 4 aromatic carbocycles. The third kappa shape index (κ3) is 16.4. The van der Waals surface area contributed by atoms with Crippen LogP contribution < -0.4 is 21.3 Å². The zero-order chi connectivity index (χ0) is 54.8. The smallest absolute Gasteiger partial charge is 0.311 e. The van der Waals surface area contributed by atoms with Gasteiger partial charge in [-0.25, -0.2) is 0 Å². The molecule has 4 unspecified atom stereocenters. The molecule has 0 aliphatic rings. The van der Waals surface area contributed by atoms with Crippen LogP contribution in [0.2, 0.25) is 0 Å². The Bertz CT molecular complexity index is 3290. The number of amides is 4. The van der Waals surface area contributed by atoms with Gasteiger partial charge in [0.1, 0.15) is 20.0 Å². The number of unbranched alkanes of at least 4 members (excludes halogenated alkanes) is 2. The first-order valence-electron chi connectivity index (χ1n) is 24.3. The van der Waals surface area contributed by atoms with Crippen molar-refractivity contribution >= 4 is 101 Å². The molecule has 0 radical (unpaired) electrons. The average molecular weight is 1130 g/mol. The number of nitrogens with one attached hydrogen (secondary N) is 4. The number of ether oxygens (including phenoxy) is 2. The summed E-state index contributed by atoms with van der Waals surface area (Å²) in [4.78, 5) is 77.1. The summed E-state index contributed by atoms with van der Waals surface area (Å²) in [6.07, 6.45) is -0.311. The first-order chi connectivity index (χ1) is 37.8. The van der Waals surface area contributed by atoms with Crippen molar-refractivity contribution in [3.63, 3.8) is 0 Å². The Morgan fingerprint density at radius 2 is 0.744 bits per heavy atom. The molecule has 78 heavy (non-hydrogen) atoms. The van der Waals surface area contributed by atoms with Crippen molar-refractivity contribution < 1.29 is 48.5 Å². The molecule has 4 atom stereocenters. The highest BCUT2D eigenvalue weighted by Gasteiger charge is 2.28. The molecule has 0 aliphatic carbocycles. The Balaban J connectivity index is 0.744. The van der Waals surface area contributed by atoms with Crippen molar-refractivity contribution in [3.05, 3.63) is 163 Å². The summed E-state index contributed by atoms with van der Waals surface area (Å²) >= 11 is 4.83. The molecule has 4 amide bonds. The first kappa shape index (κ1) is 56.1. The molecule has 0 saturated heterocycles. The summed E-state index contributed by atoms with van der Waals surface area (Å²) in [5.74, 6) is -3.78. The number of esters is 2. The molecule has 4 heterocycles. The normalized spacial score (nSPS) is 12.6. The van der Waals surface area contributed by atoms with Crippen LogP contribution in [0.1, 0.15) is 105 Å². The van der Waals surface area contributed by atoms with Crippen molar-refractivity contribution in [2.75, 3.05) is 21.3 Å². The van der Waals surface area contributed by atoms with E-state index in [2.05, 4.69) is 62.1 Å². The standard InChI is InChI=1S/C52H50N12O10S4/c1-30(65)73-43(34-17-7-3-8-18-34)47(71)55-51-63-59-38(77-51)23-13-14-24-39-60-64-52(78-39)56-48(72)44(35-19-9-4-10-20-35)74-40(66)29-31-25-27-33(28-26-31)42(68)46(70)54-50-62-58-37(76-50)22-12-11-21-36-57-61-49(75-36)53-45(69)41(67)32-15-5-2-6-16-32/h2-10,15-20,25-28,41-44,67-68H,11-14,21-24,29H2,1H3,(H,53,61,69)(H,54,62,70)(H,55,63,71)(H,56,64,72). The molecular weight excluding hydrogens is 1080 g/mol. The van der Waals surface area contributed by atoms with Crippen LogP contribution in [0, 0.1) is 0 Å². The molecule has 0 fully saturated rings. The third-order valence-corrected chi connectivity index (χ3v) is 14.9. The third-order valence-electron chi connectivity index (χ3n) is 11.3. The van der Waals surface area contributed by atoms with Crippen molar-refractivity contribution in [1.82, 2.24) is 40.8 Å². The van der Waals surface area contributed by atoms with Gasteiger partial charge in [-0.3, -0.25) is 50.0 Å². The SMILES string of the molecule is CC(=O)OC(C(=O)Nc1nnc(CCCCc2nnc(NC(=O)C(OC(=O)Cc3ccc(C(O)C(=O)Nc4nnc(CCCCc5nnc(NC(=O)C(O)c6ccccc6)s5)s4)cc3)c3ccccc3)s2)s1)c1ccccc1. The fourth-order valence-corrected chi connectivity index (χ4v) is 10.6. The van der Waals surface area contributed by atoms with Crippen LogP contribution in [0.25, 0.3) is 0 Å². The summed E-state index contributed by atoms with van der Waals surface area (Å²) in [6, 6.07) is 32.0. The van der Waals surface area contributed by atoms with Crippen LogP contribution in [-0.4, -0.2) is 86.6 Å². The zero-order valence-electron chi connectivity index (χ0n) is 41.5. The van der Waals surface area contributed by atoms with Crippen molar-refractivity contribution in [1.29, 1.82) is 0 Å². The molecule has 6 N–H and O–H groups in total. The average Bonchev–Trinajstić information content (AvgIpc) is 4.31. The molecule has 26 heteroatoms. The number of hydrogen-bond acceptors (Lipinski definition) is 22. The summed E-state index contributed by atoms with van der Waals surface area (Å²) in [6.45, 7) is 1.24. The van der Waals surface area contributed by atoms with Crippen LogP contribution in [0.15, 0.2) is 115 Å². The Labute approximate surface area is 461 Å². The second-order valence-corrected chi connectivity index (χ2v) is 21.4. The minimum Gasteiger partial charge on any atom is -0.447 e. The van der Waals surface area contributed by atoms with Gasteiger partial charge in [-0.05, 0) is 42.4 Å². The van der Waals surface area contributed by atoms with Crippen LogP contribution in [0.4, 0.5) is 20.5 Å². The highest BCUT2D eigenvalue weighted by Crippen LogP contribution is 2.28. The maximum Gasteiger partial charge on any atom is 0.311 e. The highest BCUT2D eigenvalue weighted by atomic mass is 32.1. The molecular formula is C52H50N12O10S4. The molecule has 22 nitrogen and oxygen atoms in total. The maximum atomic E-state index is 13.6. The van der Waals surface area contributed by atoms with Crippen LogP contribution >= 0.6 is 45.3 Å². The van der Waals surface area contributed by atoms with Crippen molar-refractivity contribution in [2.45, 2.75) is 89.1 Å². The topological polar surface area (TPSA) is 313 Å². The lowest BCUT2D eigenvalue weighted by molar-refractivity contribution is -0.154. The van der Waals surface area contributed by atoms with Gasteiger partial charge in [0.05, 0.1) is 6.42 Å². The Kier molecular flexibility index (Phi) is 20.0. The number of aromatic nitrogens is 8. The maximum absolute atomic E-state index is 13.6. The summed E-state index contributed by atoms with van der Waals surface area (Å²) in [5.41, 5.74) is 2.21. The van der Waals surface area contributed by atoms with E-state index >= 15 is 0 Å². The Morgan fingerprint density at radius 3 is 1.10 bits per heavy atom. The number of carbonyl (C=O) groups is 6. The number of carbonyl (C=O) groups excluding carboxylic acids is 6. The van der Waals surface area contributed by atoms with Crippen molar-refractivity contribution in [2.24, 2.45) is 0 Å². The van der Waals surface area contributed by atoms with Gasteiger partial charge in [0.2, 0.25) is 32.7 Å². The molecule has 0 bridgehead atoms. The van der Waals surface area contributed by atoms with Crippen LogP contribution in [0.3, 0.4) is 0 Å². The second kappa shape index (κ2) is 27.8. The fourth-order valence-electron chi connectivity index (χ4n) is 7.48. The van der Waals surface area contributed by atoms with E-state index in [1.807, 2.05) is 0 Å². The molecule has 0 spiro atoms. The van der Waals surface area contributed by atoms with Crippen LogP contribution in [0.5, 0.6) is 0 Å². The predicted octanol–water partition coefficient (Wildman–Crippen LogP) is 7.28. The lowest BCUT2D eigenvalue weighted by atomic mass is 10.0. The molecule has 0 saturated carbocycles. The lowest BCUT2D eigenvalue weighted by Gasteiger charge is -2.17. The number of hydrogen-bond donors (Lipinski definition) is 6. The van der Waals surface area contributed by atoms with Crippen LogP contribution in [-0.2, 0) is 70.3 Å². The van der Waals surface area contributed by atoms with Gasteiger partial charge >= 0.3 is 11.9 Å². The van der Waals surface area contributed by atoms with E-state index < -0.39 is 60.0 Å². The van der Waals surface area contributed by atoms with E-state index in [0.717, 1.165) is 24.3 Å². The van der Waals surface area contributed by atoms with Gasteiger partial charge in [-0.1, -0.05) is 161 Å². The van der Waals surface area contributed by atoms with Gasteiger partial charge in [0.25, 0.3) is 23.6 Å². The molecule has 402 valence electrons. The van der Waals surface area contributed by atoms with E-state index in [1.165, 1.54) is 64.4 Å². The van der Waals surface area contributed by atoms with E-state index in [0.29, 0.717) is 74.5 Å². The Hall–Kier alpha value is -8.14. The van der Waals surface area contributed by atoms with Gasteiger partial charge in [0, 0.05) is 43.7 Å². The summed E-state index contributed by atoms with van der Waals surface area (Å²) < 4.78 is 11.0. The quantitative estimate of drug-likeness (QED) is 0.0229. The molecule has 8 aromatic rings. The minimum atomic E-state index is -1.55. The second-order valence-electron chi connectivity index (χ2n) is 17.2. The van der Waals surface area contributed by atoms with E-state index in [-0.39, 0.29) is 27.4 Å². The fraction of sp³-hybridized carbons (Fsp3) is 0.269. The largest absolute Gasteiger partial charge is 0.447 e. The van der Waals surface area contributed by atoms with E-state index in [9.17, 15) is 39.0 Å². The number of benzene rings is 4. The highest BCUT2D eigenvalue weighted by molar-refractivity contribution is 7.16. The number of aliphatic hydroxyl groups is 2. The number of anilines is 4. The molecule has 4 aromatic heterocycles. The minimum absolute atomic E-state index is 0.215. The Morgan fingerprint density at radius 1 is 0.423 bits per heavy atom. The monoisotopic (exact) mass is 1130 g/mol. The van der Waals surface area contributed by atoms with Gasteiger partial charge in [-0.2, -0.15) is 0 Å². The summed E-state index contributed by atoms with van der Waals surface area (Å²) in [7, 11) is 0. The van der Waals surface area contributed by atoms with Crippen molar-refractivity contribution in [3.8, 4) is 0 Å². The van der Waals surface area contributed by atoms with Gasteiger partial charge in [-0.15, -0.1) is 40.8 Å². The van der Waals surface area contributed by atoms with Gasteiger partial charge in [0.15, 0.2) is 12.2 Å². The van der Waals surface area contributed by atoms with E-state index in [4.69, 9.17) is 9.47 Å². The number of aryl methyl sites for hydroxylation is 4. The summed E-state index contributed by atoms with van der Waals surface area (Å²) in [5, 5.41) is 68.6. The number of nitrogens with zero attached hydrogens (tertiary/aromatic N) is 8. The lowest BCUT2D eigenvalue weighted by Crippen LogP contribution is -2.26. The first-order valence-corrected chi connectivity index (χ1v) is 27.6. The molecule has 8 rings (SSSR count).